The molecule has 0 amide bonds. The molecule has 13 heavy (non-hydrogen) atoms. The van der Waals surface area contributed by atoms with E-state index in [0.29, 0.717) is 12.3 Å². The Balaban J connectivity index is 1.92. The van der Waals surface area contributed by atoms with E-state index in [0.717, 1.165) is 12.8 Å². The molecule has 0 aromatic carbocycles. The molecule has 6 nitrogen and oxygen atoms in total. The smallest absolute Gasteiger partial charge is 0.303 e. The summed E-state index contributed by atoms with van der Waals surface area (Å²) < 4.78 is 0. The van der Waals surface area contributed by atoms with Gasteiger partial charge in [0.2, 0.25) is 0 Å². The Bertz CT molecular complexity index is 211. The van der Waals surface area contributed by atoms with Crippen molar-refractivity contribution in [3.63, 3.8) is 0 Å². The van der Waals surface area contributed by atoms with Crippen molar-refractivity contribution in [1.82, 2.24) is 11.1 Å². The summed E-state index contributed by atoms with van der Waals surface area (Å²) in [5.41, 5.74) is 4.32. The number of rotatable bonds is 4. The zero-order chi connectivity index (χ0) is 9.31. The van der Waals surface area contributed by atoms with Gasteiger partial charge in [0.1, 0.15) is 0 Å². The summed E-state index contributed by atoms with van der Waals surface area (Å²) in [4.78, 5) is 20.2. The Morgan fingerprint density at radius 1 is 1.62 bits per heavy atom. The molecular weight excluding hydrogens is 176 g/mol. The zero-order valence-electron chi connectivity index (χ0n) is 7.08. The SMILES string of the molecule is O=C(O)CCC1(C2CC2)NONO1. The van der Waals surface area contributed by atoms with Crippen molar-refractivity contribution in [2.24, 2.45) is 5.92 Å². The molecule has 2 aliphatic rings. The molecule has 0 radical (unpaired) electrons. The van der Waals surface area contributed by atoms with E-state index in [1.807, 2.05) is 0 Å². The molecule has 1 atom stereocenters. The van der Waals surface area contributed by atoms with Gasteiger partial charge < -0.3 is 5.11 Å². The minimum Gasteiger partial charge on any atom is -0.481 e. The molecule has 1 aliphatic heterocycles. The van der Waals surface area contributed by atoms with Crippen LogP contribution in [0, 0.1) is 5.92 Å². The van der Waals surface area contributed by atoms with Crippen LogP contribution in [0.25, 0.3) is 0 Å². The van der Waals surface area contributed by atoms with Crippen LogP contribution < -0.4 is 11.1 Å². The van der Waals surface area contributed by atoms with E-state index in [2.05, 4.69) is 16.1 Å². The molecule has 74 valence electrons. The first-order chi connectivity index (χ1) is 6.23. The fraction of sp³-hybridized carbons (Fsp3) is 0.857. The van der Waals surface area contributed by atoms with Crippen LogP contribution in [-0.4, -0.2) is 16.8 Å². The zero-order valence-corrected chi connectivity index (χ0v) is 7.08. The molecule has 0 aromatic rings. The normalized spacial score (nSPS) is 33.5. The van der Waals surface area contributed by atoms with Gasteiger partial charge in [-0.05, 0) is 12.8 Å². The molecule has 1 saturated carbocycles. The third kappa shape index (κ3) is 1.80. The summed E-state index contributed by atoms with van der Waals surface area (Å²) in [6, 6.07) is 0. The van der Waals surface area contributed by atoms with Crippen molar-refractivity contribution < 1.29 is 19.7 Å². The standard InChI is InChI=1S/C7H12N2O4/c10-6(11)3-4-7(5-1-2-5)8-13-9-12-7/h5,8-9H,1-4H2,(H,10,11). The molecule has 0 bridgehead atoms. The monoisotopic (exact) mass is 188 g/mol. The average molecular weight is 188 g/mol. The van der Waals surface area contributed by atoms with Gasteiger partial charge in [0.15, 0.2) is 5.72 Å². The minimum atomic E-state index is -0.822. The van der Waals surface area contributed by atoms with Crippen molar-refractivity contribution in [3.05, 3.63) is 0 Å². The summed E-state index contributed by atoms with van der Waals surface area (Å²) in [5.74, 6) is -0.459. The lowest BCUT2D eigenvalue weighted by Crippen LogP contribution is -2.43. The Morgan fingerprint density at radius 2 is 2.38 bits per heavy atom. The van der Waals surface area contributed by atoms with E-state index < -0.39 is 11.7 Å². The molecule has 0 aromatic heterocycles. The van der Waals surface area contributed by atoms with Crippen LogP contribution >= 0.6 is 0 Å². The Kier molecular flexibility index (Phi) is 2.20. The Morgan fingerprint density at radius 3 is 2.85 bits per heavy atom. The number of carbonyl (C=O) groups is 1. The second-order valence-corrected chi connectivity index (χ2v) is 3.45. The first kappa shape index (κ1) is 8.89. The Hall–Kier alpha value is -0.690. The highest BCUT2D eigenvalue weighted by atomic mass is 17.0. The Labute approximate surface area is 75.1 Å². The van der Waals surface area contributed by atoms with Crippen molar-refractivity contribution >= 4 is 5.97 Å². The fourth-order valence-corrected chi connectivity index (χ4v) is 1.54. The third-order valence-corrected chi connectivity index (χ3v) is 2.44. The van der Waals surface area contributed by atoms with Crippen molar-refractivity contribution in [1.29, 1.82) is 0 Å². The summed E-state index contributed by atoms with van der Waals surface area (Å²) in [7, 11) is 0. The quantitative estimate of drug-likeness (QED) is 0.573. The summed E-state index contributed by atoms with van der Waals surface area (Å²) >= 11 is 0. The molecule has 1 aliphatic carbocycles. The number of carboxylic acid groups (broad SMARTS) is 1. The molecule has 1 heterocycles. The summed E-state index contributed by atoms with van der Waals surface area (Å²) in [6.45, 7) is 0. The lowest BCUT2D eigenvalue weighted by Gasteiger charge is -2.23. The topological polar surface area (TPSA) is 79.8 Å². The van der Waals surface area contributed by atoms with E-state index >= 15 is 0 Å². The van der Waals surface area contributed by atoms with Crippen molar-refractivity contribution in [3.8, 4) is 0 Å². The molecule has 1 unspecified atom stereocenters. The molecule has 1 saturated heterocycles. The number of hydroxylamine groups is 1. The molecular formula is C7H12N2O4. The van der Waals surface area contributed by atoms with Crippen molar-refractivity contribution in [2.45, 2.75) is 31.4 Å². The molecule has 0 spiro atoms. The number of carboxylic acids is 1. The van der Waals surface area contributed by atoms with Crippen LogP contribution in [0.4, 0.5) is 0 Å². The minimum absolute atomic E-state index is 0.0779. The molecule has 6 heteroatoms. The lowest BCUT2D eigenvalue weighted by molar-refractivity contribution is -0.143. The largest absolute Gasteiger partial charge is 0.481 e. The first-order valence-electron chi connectivity index (χ1n) is 4.31. The highest BCUT2D eigenvalue weighted by molar-refractivity contribution is 5.66. The highest BCUT2D eigenvalue weighted by Crippen LogP contribution is 2.43. The lowest BCUT2D eigenvalue weighted by atomic mass is 10.0. The number of hydrogen-bond acceptors (Lipinski definition) is 5. The van der Waals surface area contributed by atoms with Gasteiger partial charge in [0, 0.05) is 18.8 Å². The van der Waals surface area contributed by atoms with Gasteiger partial charge in [-0.15, -0.1) is 5.48 Å². The number of hydrogen-bond donors (Lipinski definition) is 3. The maximum absolute atomic E-state index is 10.4. The second kappa shape index (κ2) is 3.22. The van der Waals surface area contributed by atoms with Crippen LogP contribution in [0.5, 0.6) is 0 Å². The van der Waals surface area contributed by atoms with E-state index in [-0.39, 0.29) is 6.42 Å². The summed E-state index contributed by atoms with van der Waals surface area (Å²) in [6.07, 6.45) is 2.60. The van der Waals surface area contributed by atoms with E-state index in [4.69, 9.17) is 9.94 Å². The van der Waals surface area contributed by atoms with Gasteiger partial charge in [-0.25, -0.2) is 0 Å². The number of aliphatic carboxylic acids is 1. The van der Waals surface area contributed by atoms with E-state index in [1.54, 1.807) is 0 Å². The van der Waals surface area contributed by atoms with Crippen LogP contribution in [0.2, 0.25) is 0 Å². The van der Waals surface area contributed by atoms with Crippen LogP contribution in [0.1, 0.15) is 25.7 Å². The molecule has 2 fully saturated rings. The van der Waals surface area contributed by atoms with Gasteiger partial charge in [0.05, 0.1) is 0 Å². The van der Waals surface area contributed by atoms with Crippen molar-refractivity contribution in [2.75, 3.05) is 0 Å². The maximum Gasteiger partial charge on any atom is 0.303 e. The van der Waals surface area contributed by atoms with Gasteiger partial charge in [-0.2, -0.15) is 4.94 Å². The van der Waals surface area contributed by atoms with Gasteiger partial charge in [-0.1, -0.05) is 5.64 Å². The van der Waals surface area contributed by atoms with E-state index in [1.165, 1.54) is 0 Å². The highest BCUT2D eigenvalue weighted by Gasteiger charge is 2.50. The van der Waals surface area contributed by atoms with Gasteiger partial charge in [-0.3, -0.25) is 9.63 Å². The first-order valence-corrected chi connectivity index (χ1v) is 4.31. The molecule has 2 rings (SSSR count). The average Bonchev–Trinajstić information content (AvgIpc) is 2.84. The predicted molar refractivity (Wildman–Crippen MR) is 40.8 cm³/mol. The predicted octanol–water partition coefficient (Wildman–Crippen LogP) is -0.0715. The van der Waals surface area contributed by atoms with Crippen LogP contribution in [0.3, 0.4) is 0 Å². The van der Waals surface area contributed by atoms with Crippen LogP contribution in [-0.2, 0) is 14.6 Å². The summed E-state index contributed by atoms with van der Waals surface area (Å²) in [5, 5.41) is 8.55. The van der Waals surface area contributed by atoms with Gasteiger partial charge in [0.25, 0.3) is 0 Å². The van der Waals surface area contributed by atoms with Crippen LogP contribution in [0.15, 0.2) is 0 Å². The second-order valence-electron chi connectivity index (χ2n) is 3.45. The maximum atomic E-state index is 10.4. The number of nitrogens with one attached hydrogen (secondary N) is 2. The third-order valence-electron chi connectivity index (χ3n) is 2.44. The van der Waals surface area contributed by atoms with E-state index in [9.17, 15) is 4.79 Å². The van der Waals surface area contributed by atoms with Gasteiger partial charge >= 0.3 is 5.97 Å². The molecule has 3 N–H and O–H groups in total. The fourth-order valence-electron chi connectivity index (χ4n) is 1.54.